The highest BCUT2D eigenvalue weighted by molar-refractivity contribution is 6.02. The topological polar surface area (TPSA) is 58.7 Å². The molecule has 4 heteroatoms. The van der Waals surface area contributed by atoms with Crippen molar-refractivity contribution in [1.29, 1.82) is 0 Å². The molecule has 1 atom stereocenters. The summed E-state index contributed by atoms with van der Waals surface area (Å²) in [7, 11) is 0. The van der Waals surface area contributed by atoms with E-state index in [4.69, 9.17) is 5.73 Å². The molecule has 2 amide bonds. The molecule has 0 saturated heterocycles. The van der Waals surface area contributed by atoms with E-state index in [1.807, 2.05) is 35.2 Å². The molecule has 1 aliphatic carbocycles. The quantitative estimate of drug-likeness (QED) is 0.919. The monoisotopic (exact) mass is 271 g/mol. The summed E-state index contributed by atoms with van der Waals surface area (Å²) in [6.07, 6.45) is 6.08. The predicted octanol–water partition coefficient (Wildman–Crippen LogP) is 2.93. The molecule has 3 rings (SSSR count). The summed E-state index contributed by atoms with van der Waals surface area (Å²) in [5, 5.41) is 0. The van der Waals surface area contributed by atoms with Gasteiger partial charge in [-0.15, -0.1) is 0 Å². The summed E-state index contributed by atoms with van der Waals surface area (Å²) in [6.45, 7) is 0.602. The molecule has 4 nitrogen and oxygen atoms in total. The second-order valence-electron chi connectivity index (χ2n) is 5.78. The molecule has 0 spiro atoms. The Bertz CT molecular complexity index is 506. The van der Waals surface area contributed by atoms with Gasteiger partial charge in [-0.05, 0) is 24.3 Å². The third-order valence-electron chi connectivity index (χ3n) is 4.40. The predicted molar refractivity (Wildman–Crippen MR) is 79.4 cm³/mol. The van der Waals surface area contributed by atoms with Crippen LogP contribution in [0.25, 0.3) is 0 Å². The average Bonchev–Trinajstić information content (AvgIpc) is 2.75. The molecule has 1 aromatic carbocycles. The van der Waals surface area contributed by atoms with E-state index in [1.165, 1.54) is 19.3 Å². The molecule has 1 unspecified atom stereocenters. The second kappa shape index (κ2) is 5.65. The normalized spacial score (nSPS) is 24.0. The minimum atomic E-state index is -0.179. The number of hydrogen-bond acceptors (Lipinski definition) is 2. The van der Waals surface area contributed by atoms with E-state index in [0.717, 1.165) is 18.4 Å². The lowest BCUT2D eigenvalue weighted by Crippen LogP contribution is -2.45. The van der Waals surface area contributed by atoms with E-state index in [2.05, 4.69) is 4.99 Å². The van der Waals surface area contributed by atoms with Gasteiger partial charge in [0, 0.05) is 6.54 Å². The van der Waals surface area contributed by atoms with Crippen LogP contribution in [0.5, 0.6) is 0 Å². The number of nitrogens with zero attached hydrogens (tertiary/aromatic N) is 2. The Balaban J connectivity index is 1.78. The van der Waals surface area contributed by atoms with Gasteiger partial charge in [-0.3, -0.25) is 0 Å². The fourth-order valence-electron chi connectivity index (χ4n) is 3.41. The Morgan fingerprint density at radius 3 is 2.55 bits per heavy atom. The molecule has 20 heavy (non-hydrogen) atoms. The summed E-state index contributed by atoms with van der Waals surface area (Å²) in [6, 6.07) is 9.88. The Morgan fingerprint density at radius 2 is 1.85 bits per heavy atom. The van der Waals surface area contributed by atoms with Gasteiger partial charge in [-0.25, -0.2) is 4.79 Å². The Hall–Kier alpha value is -1.84. The van der Waals surface area contributed by atoms with Crippen LogP contribution in [0.4, 0.5) is 4.79 Å². The summed E-state index contributed by atoms with van der Waals surface area (Å²) in [5.41, 5.74) is 7.16. The fourth-order valence-corrected chi connectivity index (χ4v) is 3.41. The molecule has 0 aromatic heterocycles. The van der Waals surface area contributed by atoms with Crippen molar-refractivity contribution < 1.29 is 4.79 Å². The molecule has 0 radical (unpaired) electrons. The van der Waals surface area contributed by atoms with Crippen molar-refractivity contribution in [3.05, 3.63) is 35.9 Å². The number of aliphatic imine (C=N–C) groups is 1. The number of rotatable bonds is 3. The van der Waals surface area contributed by atoms with Gasteiger partial charge in [-0.1, -0.05) is 49.6 Å². The Kier molecular flexibility index (Phi) is 3.72. The first kappa shape index (κ1) is 13.2. The van der Waals surface area contributed by atoms with Gasteiger partial charge < -0.3 is 10.6 Å². The van der Waals surface area contributed by atoms with E-state index >= 15 is 0 Å². The van der Waals surface area contributed by atoms with Crippen molar-refractivity contribution in [2.75, 3.05) is 0 Å². The first-order chi connectivity index (χ1) is 9.75. The van der Waals surface area contributed by atoms with Crippen LogP contribution in [0.1, 0.15) is 37.7 Å². The Labute approximate surface area is 119 Å². The lowest BCUT2D eigenvalue weighted by molar-refractivity contribution is 0.172. The van der Waals surface area contributed by atoms with Crippen LogP contribution in [0.15, 0.2) is 35.3 Å². The van der Waals surface area contributed by atoms with Gasteiger partial charge in [0.15, 0.2) is 0 Å². The SMILES string of the molecule is NC1=NC(=O)N(Cc2ccccc2)C1C1CCCCC1. The standard InChI is InChI=1S/C16H21N3O/c17-15-14(13-9-5-2-6-10-13)19(16(20)18-15)11-12-7-3-1-4-8-12/h1,3-4,7-8,13-14H,2,5-6,9-11H2,(H2,17,18,20). The number of nitrogens with two attached hydrogens (primary N) is 1. The molecule has 0 bridgehead atoms. The Morgan fingerprint density at radius 1 is 1.15 bits per heavy atom. The minimum absolute atomic E-state index is 0.00278. The minimum Gasteiger partial charge on any atom is -0.385 e. The number of carbonyl (C=O) groups excluding carboxylic acids is 1. The zero-order chi connectivity index (χ0) is 13.9. The average molecular weight is 271 g/mol. The highest BCUT2D eigenvalue weighted by Gasteiger charge is 2.39. The van der Waals surface area contributed by atoms with Crippen LogP contribution >= 0.6 is 0 Å². The van der Waals surface area contributed by atoms with Crippen LogP contribution in [0, 0.1) is 5.92 Å². The molecule has 1 fully saturated rings. The largest absolute Gasteiger partial charge is 0.385 e. The maximum absolute atomic E-state index is 12.1. The van der Waals surface area contributed by atoms with Crippen LogP contribution in [0.3, 0.4) is 0 Å². The zero-order valence-electron chi connectivity index (χ0n) is 11.7. The van der Waals surface area contributed by atoms with E-state index in [9.17, 15) is 4.79 Å². The highest BCUT2D eigenvalue weighted by atomic mass is 16.2. The van der Waals surface area contributed by atoms with Crippen molar-refractivity contribution in [2.24, 2.45) is 16.6 Å². The van der Waals surface area contributed by atoms with Crippen molar-refractivity contribution in [1.82, 2.24) is 4.90 Å². The van der Waals surface area contributed by atoms with E-state index < -0.39 is 0 Å². The first-order valence-corrected chi connectivity index (χ1v) is 7.44. The fraction of sp³-hybridized carbons (Fsp3) is 0.500. The summed E-state index contributed by atoms with van der Waals surface area (Å²) >= 11 is 0. The van der Waals surface area contributed by atoms with Crippen LogP contribution in [-0.4, -0.2) is 22.8 Å². The van der Waals surface area contributed by atoms with E-state index in [0.29, 0.717) is 18.3 Å². The number of amides is 2. The number of carbonyl (C=O) groups is 1. The summed E-state index contributed by atoms with van der Waals surface area (Å²) in [5.74, 6) is 0.987. The van der Waals surface area contributed by atoms with Crippen LogP contribution in [0.2, 0.25) is 0 Å². The van der Waals surface area contributed by atoms with Crippen molar-refractivity contribution in [2.45, 2.75) is 44.7 Å². The summed E-state index contributed by atoms with van der Waals surface area (Å²) in [4.78, 5) is 18.0. The van der Waals surface area contributed by atoms with Crippen molar-refractivity contribution in [3.8, 4) is 0 Å². The molecular formula is C16H21N3O. The van der Waals surface area contributed by atoms with Gasteiger partial charge in [0.1, 0.15) is 5.84 Å². The van der Waals surface area contributed by atoms with Gasteiger partial charge in [0.05, 0.1) is 6.04 Å². The molecule has 1 saturated carbocycles. The molecule has 1 heterocycles. The number of hydrogen-bond donors (Lipinski definition) is 1. The smallest absolute Gasteiger partial charge is 0.346 e. The number of benzene rings is 1. The number of urea groups is 1. The molecule has 106 valence electrons. The summed E-state index contributed by atoms with van der Waals surface area (Å²) < 4.78 is 0. The van der Waals surface area contributed by atoms with Gasteiger partial charge in [-0.2, -0.15) is 4.99 Å². The molecular weight excluding hydrogens is 250 g/mol. The third-order valence-corrected chi connectivity index (χ3v) is 4.40. The van der Waals surface area contributed by atoms with Crippen LogP contribution in [-0.2, 0) is 6.54 Å². The van der Waals surface area contributed by atoms with Gasteiger partial charge in [0.25, 0.3) is 0 Å². The number of amidine groups is 1. The van der Waals surface area contributed by atoms with E-state index in [1.54, 1.807) is 0 Å². The zero-order valence-corrected chi connectivity index (χ0v) is 11.7. The van der Waals surface area contributed by atoms with E-state index in [-0.39, 0.29) is 12.1 Å². The lowest BCUT2D eigenvalue weighted by atomic mass is 9.83. The highest BCUT2D eigenvalue weighted by Crippen LogP contribution is 2.32. The van der Waals surface area contributed by atoms with Crippen molar-refractivity contribution in [3.63, 3.8) is 0 Å². The molecule has 2 N–H and O–H groups in total. The van der Waals surface area contributed by atoms with Crippen LogP contribution < -0.4 is 5.73 Å². The maximum atomic E-state index is 12.1. The third kappa shape index (κ3) is 2.55. The first-order valence-electron chi connectivity index (χ1n) is 7.44. The second-order valence-corrected chi connectivity index (χ2v) is 5.78. The van der Waals surface area contributed by atoms with Gasteiger partial charge in [0.2, 0.25) is 0 Å². The molecule has 2 aliphatic rings. The molecule has 1 aliphatic heterocycles. The van der Waals surface area contributed by atoms with Gasteiger partial charge >= 0.3 is 6.03 Å². The molecule has 1 aromatic rings. The maximum Gasteiger partial charge on any atom is 0.346 e. The lowest BCUT2D eigenvalue weighted by Gasteiger charge is -2.33. The van der Waals surface area contributed by atoms with Crippen molar-refractivity contribution >= 4 is 11.9 Å².